The van der Waals surface area contributed by atoms with Gasteiger partial charge in [-0.3, -0.25) is 9.59 Å². The van der Waals surface area contributed by atoms with Crippen LogP contribution in [0.15, 0.2) is 0 Å². The maximum Gasteiger partial charge on any atom is 0.222 e. The minimum absolute atomic E-state index is 0.0692. The number of hydrogen-bond acceptors (Lipinski definition) is 3. The van der Waals surface area contributed by atoms with Gasteiger partial charge in [0.05, 0.1) is 0 Å². The van der Waals surface area contributed by atoms with Crippen molar-refractivity contribution >= 4 is 11.8 Å². The first kappa shape index (κ1) is 18.0. The van der Waals surface area contributed by atoms with Crippen molar-refractivity contribution in [3.8, 4) is 0 Å². The van der Waals surface area contributed by atoms with E-state index in [1.165, 1.54) is 0 Å². The number of piperidine rings is 1. The Hall–Kier alpha value is -1.10. The van der Waals surface area contributed by atoms with Crippen molar-refractivity contribution in [2.45, 2.75) is 46.0 Å². The zero-order valence-electron chi connectivity index (χ0n) is 13.7. The van der Waals surface area contributed by atoms with Gasteiger partial charge in [0.15, 0.2) is 0 Å². The Bertz CT molecular complexity index is 336. The molecule has 1 rings (SSSR count). The normalized spacial score (nSPS) is 17.9. The number of nitrogens with two attached hydrogens (primary N) is 1. The second-order valence-corrected chi connectivity index (χ2v) is 6.39. The molecule has 1 aliphatic heterocycles. The molecule has 0 spiro atoms. The molecule has 5 heteroatoms. The summed E-state index contributed by atoms with van der Waals surface area (Å²) < 4.78 is 0. The van der Waals surface area contributed by atoms with Crippen molar-refractivity contribution in [2.75, 3.05) is 26.7 Å². The minimum Gasteiger partial charge on any atom is -0.359 e. The monoisotopic (exact) mass is 297 g/mol. The first-order valence-electron chi connectivity index (χ1n) is 8.19. The molecule has 1 heterocycles. The quantitative estimate of drug-likeness (QED) is 0.745. The molecule has 21 heavy (non-hydrogen) atoms. The van der Waals surface area contributed by atoms with E-state index in [9.17, 15) is 9.59 Å². The van der Waals surface area contributed by atoms with E-state index in [1.807, 2.05) is 4.90 Å². The van der Waals surface area contributed by atoms with Gasteiger partial charge in [-0.1, -0.05) is 13.8 Å². The van der Waals surface area contributed by atoms with Crippen molar-refractivity contribution in [2.24, 2.45) is 23.5 Å². The maximum absolute atomic E-state index is 12.3. The lowest BCUT2D eigenvalue weighted by atomic mass is 9.88. The van der Waals surface area contributed by atoms with Crippen LogP contribution < -0.4 is 11.1 Å². The molecule has 0 radical (unpaired) electrons. The van der Waals surface area contributed by atoms with Gasteiger partial charge in [-0.25, -0.2) is 0 Å². The summed E-state index contributed by atoms with van der Waals surface area (Å²) in [6.07, 6.45) is 4.07. The van der Waals surface area contributed by atoms with Crippen LogP contribution in [0, 0.1) is 17.8 Å². The molecule has 0 aromatic heterocycles. The van der Waals surface area contributed by atoms with Crippen molar-refractivity contribution < 1.29 is 9.59 Å². The van der Waals surface area contributed by atoms with Crippen LogP contribution >= 0.6 is 0 Å². The van der Waals surface area contributed by atoms with Gasteiger partial charge in [0.2, 0.25) is 11.8 Å². The van der Waals surface area contributed by atoms with Gasteiger partial charge in [-0.05, 0) is 44.1 Å². The van der Waals surface area contributed by atoms with E-state index in [-0.39, 0.29) is 17.7 Å². The maximum atomic E-state index is 12.3. The molecule has 3 N–H and O–H groups in total. The van der Waals surface area contributed by atoms with Crippen LogP contribution in [0.25, 0.3) is 0 Å². The van der Waals surface area contributed by atoms with Crippen LogP contribution in [-0.2, 0) is 9.59 Å². The lowest BCUT2D eigenvalue weighted by Gasteiger charge is -2.31. The molecule has 0 aromatic carbocycles. The summed E-state index contributed by atoms with van der Waals surface area (Å²) in [6.45, 7) is 6.49. The average Bonchev–Trinajstić information content (AvgIpc) is 2.50. The number of carbonyl (C=O) groups excluding carboxylic acids is 2. The van der Waals surface area contributed by atoms with E-state index in [0.717, 1.165) is 25.7 Å². The Morgan fingerprint density at radius 3 is 2.33 bits per heavy atom. The molecule has 0 aliphatic carbocycles. The summed E-state index contributed by atoms with van der Waals surface area (Å²) in [5, 5.41) is 2.69. The molecule has 1 aliphatic rings. The van der Waals surface area contributed by atoms with E-state index in [1.54, 1.807) is 7.05 Å². The zero-order chi connectivity index (χ0) is 15.8. The molecule has 1 fully saturated rings. The fourth-order valence-corrected chi connectivity index (χ4v) is 3.09. The smallest absolute Gasteiger partial charge is 0.222 e. The third-order valence-corrected chi connectivity index (χ3v) is 4.67. The van der Waals surface area contributed by atoms with Gasteiger partial charge in [0.25, 0.3) is 0 Å². The van der Waals surface area contributed by atoms with Crippen LogP contribution in [0.3, 0.4) is 0 Å². The van der Waals surface area contributed by atoms with E-state index in [2.05, 4.69) is 19.2 Å². The number of likely N-dealkylation sites (tertiary alicyclic amines) is 1. The summed E-state index contributed by atoms with van der Waals surface area (Å²) in [7, 11) is 1.67. The second-order valence-electron chi connectivity index (χ2n) is 6.39. The van der Waals surface area contributed by atoms with Crippen molar-refractivity contribution in [1.82, 2.24) is 10.2 Å². The van der Waals surface area contributed by atoms with E-state index in [4.69, 9.17) is 5.73 Å². The summed E-state index contributed by atoms with van der Waals surface area (Å²) >= 11 is 0. The summed E-state index contributed by atoms with van der Waals surface area (Å²) in [5.41, 5.74) is 5.64. The highest BCUT2D eigenvalue weighted by atomic mass is 16.2. The van der Waals surface area contributed by atoms with Crippen LogP contribution in [0.4, 0.5) is 0 Å². The van der Waals surface area contributed by atoms with E-state index >= 15 is 0 Å². The number of carbonyl (C=O) groups is 2. The number of hydrogen-bond donors (Lipinski definition) is 2. The molecule has 1 unspecified atom stereocenters. The third-order valence-electron chi connectivity index (χ3n) is 4.67. The molecular weight excluding hydrogens is 266 g/mol. The van der Waals surface area contributed by atoms with Crippen molar-refractivity contribution in [1.29, 1.82) is 0 Å². The number of nitrogens with zero attached hydrogens (tertiary/aromatic N) is 1. The number of amides is 2. The molecule has 5 nitrogen and oxygen atoms in total. The lowest BCUT2D eigenvalue weighted by molar-refractivity contribution is -0.135. The second kappa shape index (κ2) is 9.03. The molecule has 1 atom stereocenters. The van der Waals surface area contributed by atoms with Gasteiger partial charge in [0, 0.05) is 32.5 Å². The Morgan fingerprint density at radius 2 is 1.86 bits per heavy atom. The molecule has 0 bridgehead atoms. The summed E-state index contributed by atoms with van der Waals surface area (Å²) in [6, 6.07) is 0. The predicted octanol–water partition coefficient (Wildman–Crippen LogP) is 1.37. The van der Waals surface area contributed by atoms with Gasteiger partial charge >= 0.3 is 0 Å². The van der Waals surface area contributed by atoms with Gasteiger partial charge in [-0.15, -0.1) is 0 Å². The Kier molecular flexibility index (Phi) is 7.72. The molecule has 122 valence electrons. The first-order chi connectivity index (χ1) is 9.99. The van der Waals surface area contributed by atoms with Crippen LogP contribution in [0.5, 0.6) is 0 Å². The zero-order valence-corrected chi connectivity index (χ0v) is 13.7. The average molecular weight is 297 g/mol. The summed E-state index contributed by atoms with van der Waals surface area (Å²) in [4.78, 5) is 25.8. The van der Waals surface area contributed by atoms with E-state index < -0.39 is 0 Å². The highest BCUT2D eigenvalue weighted by Crippen LogP contribution is 2.23. The number of nitrogens with one attached hydrogen (secondary N) is 1. The van der Waals surface area contributed by atoms with Gasteiger partial charge in [0.1, 0.15) is 0 Å². The minimum atomic E-state index is 0.0692. The van der Waals surface area contributed by atoms with E-state index in [0.29, 0.717) is 37.9 Å². The Morgan fingerprint density at radius 1 is 1.24 bits per heavy atom. The van der Waals surface area contributed by atoms with Crippen molar-refractivity contribution in [3.63, 3.8) is 0 Å². The fourth-order valence-electron chi connectivity index (χ4n) is 3.09. The highest BCUT2D eigenvalue weighted by Gasteiger charge is 2.27. The SMILES string of the molecule is CNC(=O)C1CCN(C(=O)CCC(CCN)C(C)C)CC1. The largest absolute Gasteiger partial charge is 0.359 e. The van der Waals surface area contributed by atoms with Gasteiger partial charge in [-0.2, -0.15) is 0 Å². The van der Waals surface area contributed by atoms with Crippen LogP contribution in [-0.4, -0.2) is 43.4 Å². The topological polar surface area (TPSA) is 75.4 Å². The molecule has 0 aromatic rings. The Labute approximate surface area is 128 Å². The Balaban J connectivity index is 2.35. The van der Waals surface area contributed by atoms with Crippen LogP contribution in [0.2, 0.25) is 0 Å². The fraction of sp³-hybridized carbons (Fsp3) is 0.875. The lowest BCUT2D eigenvalue weighted by Crippen LogP contribution is -2.42. The standard InChI is InChI=1S/C16H31N3O2/c1-12(2)13(6-9-17)4-5-15(20)19-10-7-14(8-11-19)16(21)18-3/h12-14H,4-11,17H2,1-3H3,(H,18,21). The molecular formula is C16H31N3O2. The summed E-state index contributed by atoms with van der Waals surface area (Å²) in [5.74, 6) is 1.50. The molecule has 2 amide bonds. The highest BCUT2D eigenvalue weighted by molar-refractivity contribution is 5.79. The molecule has 0 saturated carbocycles. The predicted molar refractivity (Wildman–Crippen MR) is 84.6 cm³/mol. The molecule has 1 saturated heterocycles. The first-order valence-corrected chi connectivity index (χ1v) is 8.19. The third kappa shape index (κ3) is 5.65. The van der Waals surface area contributed by atoms with Crippen molar-refractivity contribution in [3.05, 3.63) is 0 Å². The van der Waals surface area contributed by atoms with Gasteiger partial charge < -0.3 is 16.0 Å². The number of rotatable bonds is 7. The van der Waals surface area contributed by atoms with Crippen LogP contribution in [0.1, 0.15) is 46.0 Å².